The summed E-state index contributed by atoms with van der Waals surface area (Å²) in [5, 5.41) is 1.84. The Labute approximate surface area is 192 Å². The molecule has 1 aliphatic heterocycles. The van der Waals surface area contributed by atoms with Crippen LogP contribution in [-0.4, -0.2) is 55.6 Å². The van der Waals surface area contributed by atoms with E-state index in [4.69, 9.17) is 0 Å². The fourth-order valence-corrected chi connectivity index (χ4v) is 5.73. The molecule has 0 saturated carbocycles. The predicted molar refractivity (Wildman–Crippen MR) is 129 cm³/mol. The number of thioether (sulfide) groups is 1. The van der Waals surface area contributed by atoms with Crippen molar-refractivity contribution in [2.24, 2.45) is 0 Å². The van der Waals surface area contributed by atoms with Gasteiger partial charge in [-0.25, -0.2) is 8.42 Å². The number of anilines is 1. The van der Waals surface area contributed by atoms with Crippen LogP contribution in [0.5, 0.6) is 0 Å². The fourth-order valence-electron chi connectivity index (χ4n) is 3.77. The first-order valence-corrected chi connectivity index (χ1v) is 12.8. The molecule has 0 spiro atoms. The lowest BCUT2D eigenvalue weighted by Gasteiger charge is -2.35. The summed E-state index contributed by atoms with van der Waals surface area (Å²) in [4.78, 5) is 25.6. The number of benzene rings is 3. The van der Waals surface area contributed by atoms with E-state index in [2.05, 4.69) is 4.90 Å². The van der Waals surface area contributed by atoms with E-state index < -0.39 is 10.0 Å². The maximum Gasteiger partial charge on any atom is 0.243 e. The number of fused-ring (bicyclic) bond motifs is 1. The maximum atomic E-state index is 13.1. The highest BCUT2D eigenvalue weighted by molar-refractivity contribution is 8.14. The Balaban J connectivity index is 1.41. The molecular weight excluding hydrogens is 444 g/mol. The van der Waals surface area contributed by atoms with Crippen molar-refractivity contribution >= 4 is 49.1 Å². The number of carbonyl (C=O) groups is 2. The van der Waals surface area contributed by atoms with E-state index in [0.29, 0.717) is 36.6 Å². The van der Waals surface area contributed by atoms with Gasteiger partial charge in [0.05, 0.1) is 10.6 Å². The van der Waals surface area contributed by atoms with Crippen molar-refractivity contribution in [2.45, 2.75) is 11.8 Å². The van der Waals surface area contributed by atoms with E-state index in [-0.39, 0.29) is 16.7 Å². The van der Waals surface area contributed by atoms with E-state index in [1.807, 2.05) is 42.5 Å². The number of Topliss-reactive ketones (excluding diaryl/α,β-unsaturated/α-hetero) is 1. The maximum absolute atomic E-state index is 13.1. The minimum Gasteiger partial charge on any atom is -0.369 e. The first-order chi connectivity index (χ1) is 15.3. The Morgan fingerprint density at radius 1 is 0.875 bits per heavy atom. The van der Waals surface area contributed by atoms with Crippen LogP contribution < -0.4 is 4.90 Å². The second-order valence-corrected chi connectivity index (χ2v) is 10.7. The Bertz CT molecular complexity index is 1250. The zero-order chi connectivity index (χ0) is 22.7. The quantitative estimate of drug-likeness (QED) is 0.512. The van der Waals surface area contributed by atoms with Crippen LogP contribution in [0.3, 0.4) is 0 Å². The van der Waals surface area contributed by atoms with Gasteiger partial charge in [-0.05, 0) is 47.2 Å². The van der Waals surface area contributed by atoms with Crippen LogP contribution in [0.1, 0.15) is 17.3 Å². The van der Waals surface area contributed by atoms with Crippen molar-refractivity contribution in [3.05, 3.63) is 72.3 Å². The van der Waals surface area contributed by atoms with E-state index in [1.54, 1.807) is 24.3 Å². The number of hydrogen-bond acceptors (Lipinski definition) is 6. The van der Waals surface area contributed by atoms with Crippen LogP contribution in [0.4, 0.5) is 5.69 Å². The lowest BCUT2D eigenvalue weighted by atomic mass is 10.1. The Morgan fingerprint density at radius 2 is 1.53 bits per heavy atom. The third kappa shape index (κ3) is 4.87. The molecule has 0 unspecified atom stereocenters. The number of ketones is 1. The van der Waals surface area contributed by atoms with Crippen LogP contribution in [0.15, 0.2) is 71.6 Å². The molecule has 1 heterocycles. The topological polar surface area (TPSA) is 74.8 Å². The highest BCUT2D eigenvalue weighted by Gasteiger charge is 2.28. The first kappa shape index (κ1) is 22.5. The summed E-state index contributed by atoms with van der Waals surface area (Å²) >= 11 is 1.01. The zero-order valence-electron chi connectivity index (χ0n) is 17.7. The SMILES string of the molecule is CC(=O)SCC(=O)c1ccc(N2CCN(S(=O)(=O)c3ccc4ccccc4c3)CC2)cc1. The number of carbonyl (C=O) groups excluding carboxylic acids is 2. The molecule has 3 aromatic rings. The van der Waals surface area contributed by atoms with E-state index >= 15 is 0 Å². The van der Waals surface area contributed by atoms with E-state index in [9.17, 15) is 18.0 Å². The number of nitrogens with zero attached hydrogens (tertiary/aromatic N) is 2. The van der Waals surface area contributed by atoms with E-state index in [1.165, 1.54) is 11.2 Å². The lowest BCUT2D eigenvalue weighted by Crippen LogP contribution is -2.48. The molecule has 3 aromatic carbocycles. The summed E-state index contributed by atoms with van der Waals surface area (Å²) in [7, 11) is -3.56. The molecule has 0 N–H and O–H groups in total. The molecule has 8 heteroatoms. The van der Waals surface area contributed by atoms with Gasteiger partial charge in [-0.3, -0.25) is 9.59 Å². The Kier molecular flexibility index (Phi) is 6.64. The molecule has 1 aliphatic rings. The monoisotopic (exact) mass is 468 g/mol. The van der Waals surface area contributed by atoms with Gasteiger partial charge in [0.2, 0.25) is 10.0 Å². The number of sulfonamides is 1. The summed E-state index contributed by atoms with van der Waals surface area (Å²) in [6.45, 7) is 3.37. The van der Waals surface area contributed by atoms with Crippen LogP contribution in [0.25, 0.3) is 10.8 Å². The van der Waals surface area contributed by atoms with Gasteiger partial charge in [0.15, 0.2) is 10.9 Å². The van der Waals surface area contributed by atoms with Gasteiger partial charge in [0.25, 0.3) is 0 Å². The van der Waals surface area contributed by atoms with Gasteiger partial charge in [0, 0.05) is 44.4 Å². The summed E-state index contributed by atoms with van der Waals surface area (Å²) in [5.74, 6) is 0.0584. The first-order valence-electron chi connectivity index (χ1n) is 10.3. The molecule has 6 nitrogen and oxygen atoms in total. The summed E-state index contributed by atoms with van der Waals surface area (Å²) in [6.07, 6.45) is 0. The highest BCUT2D eigenvalue weighted by Crippen LogP contribution is 2.24. The van der Waals surface area contributed by atoms with Crippen LogP contribution in [0.2, 0.25) is 0 Å². The summed E-state index contributed by atoms with van der Waals surface area (Å²) in [6, 6.07) is 20.2. The molecule has 0 bridgehead atoms. The summed E-state index contributed by atoms with van der Waals surface area (Å²) in [5.41, 5.74) is 1.52. The van der Waals surface area contributed by atoms with Gasteiger partial charge in [-0.15, -0.1) is 0 Å². The van der Waals surface area contributed by atoms with Gasteiger partial charge in [-0.1, -0.05) is 42.1 Å². The minimum absolute atomic E-state index is 0.0773. The van der Waals surface area contributed by atoms with Crippen LogP contribution in [-0.2, 0) is 14.8 Å². The van der Waals surface area contributed by atoms with Gasteiger partial charge in [0.1, 0.15) is 0 Å². The smallest absolute Gasteiger partial charge is 0.243 e. The fraction of sp³-hybridized carbons (Fsp3) is 0.250. The molecule has 0 radical (unpaired) electrons. The highest BCUT2D eigenvalue weighted by atomic mass is 32.2. The van der Waals surface area contributed by atoms with Crippen molar-refractivity contribution in [1.29, 1.82) is 0 Å². The van der Waals surface area contributed by atoms with Gasteiger partial charge in [-0.2, -0.15) is 4.31 Å². The van der Waals surface area contributed by atoms with Crippen molar-refractivity contribution in [3.63, 3.8) is 0 Å². The number of hydrogen-bond donors (Lipinski definition) is 0. The van der Waals surface area contributed by atoms with Crippen molar-refractivity contribution < 1.29 is 18.0 Å². The molecule has 1 fully saturated rings. The molecule has 0 atom stereocenters. The average molecular weight is 469 g/mol. The zero-order valence-corrected chi connectivity index (χ0v) is 19.4. The minimum atomic E-state index is -3.56. The van der Waals surface area contributed by atoms with Crippen molar-refractivity contribution in [3.8, 4) is 0 Å². The Morgan fingerprint density at radius 3 is 2.19 bits per heavy atom. The third-order valence-electron chi connectivity index (χ3n) is 5.56. The van der Waals surface area contributed by atoms with Crippen molar-refractivity contribution in [2.75, 3.05) is 36.8 Å². The van der Waals surface area contributed by atoms with E-state index in [0.717, 1.165) is 28.2 Å². The molecule has 32 heavy (non-hydrogen) atoms. The predicted octanol–water partition coefficient (Wildman–Crippen LogP) is 3.81. The molecule has 0 aromatic heterocycles. The Hall–Kier alpha value is -2.68. The third-order valence-corrected chi connectivity index (χ3v) is 8.27. The molecule has 1 saturated heterocycles. The van der Waals surface area contributed by atoms with Crippen molar-refractivity contribution in [1.82, 2.24) is 4.31 Å². The van der Waals surface area contributed by atoms with Gasteiger partial charge >= 0.3 is 0 Å². The number of rotatable bonds is 6. The molecule has 4 rings (SSSR count). The van der Waals surface area contributed by atoms with Crippen LogP contribution >= 0.6 is 11.8 Å². The van der Waals surface area contributed by atoms with Crippen LogP contribution in [0, 0.1) is 0 Å². The normalized spacial score (nSPS) is 15.1. The lowest BCUT2D eigenvalue weighted by molar-refractivity contribution is -0.109. The molecular formula is C24H24N2O4S2. The molecule has 166 valence electrons. The second-order valence-electron chi connectivity index (χ2n) is 7.65. The largest absolute Gasteiger partial charge is 0.369 e. The number of piperazine rings is 1. The van der Waals surface area contributed by atoms with Gasteiger partial charge < -0.3 is 4.90 Å². The molecule has 0 aliphatic carbocycles. The second kappa shape index (κ2) is 9.44. The standard InChI is InChI=1S/C24H24N2O4S2/c1-18(27)31-17-24(28)20-6-9-22(10-7-20)25-12-14-26(15-13-25)32(29,30)23-11-8-19-4-2-3-5-21(19)16-23/h2-11,16H,12-15,17H2,1H3. The summed E-state index contributed by atoms with van der Waals surface area (Å²) < 4.78 is 27.8. The average Bonchev–Trinajstić information content (AvgIpc) is 2.82. The molecule has 0 amide bonds.